The van der Waals surface area contributed by atoms with E-state index in [4.69, 9.17) is 0 Å². The summed E-state index contributed by atoms with van der Waals surface area (Å²) in [6.45, 7) is 4.55. The molecule has 0 saturated heterocycles. The molecule has 0 atom stereocenters. The molecule has 0 N–H and O–H groups in total. The van der Waals surface area contributed by atoms with Crippen molar-refractivity contribution in [2.75, 3.05) is 0 Å². The summed E-state index contributed by atoms with van der Waals surface area (Å²) >= 11 is 0. The van der Waals surface area contributed by atoms with Gasteiger partial charge in [0.15, 0.2) is 0 Å². The third kappa shape index (κ3) is 6.33. The van der Waals surface area contributed by atoms with Gasteiger partial charge in [-0.25, -0.2) is 0 Å². The summed E-state index contributed by atoms with van der Waals surface area (Å²) < 4.78 is 0. The second-order valence-electron chi connectivity index (χ2n) is 5.67. The number of hydrogen-bond acceptors (Lipinski definition) is 0. The van der Waals surface area contributed by atoms with Crippen LogP contribution in [0.15, 0.2) is 46.6 Å². The van der Waals surface area contributed by atoms with Crippen molar-refractivity contribution in [3.63, 3.8) is 0 Å². The number of halogens is 1. The summed E-state index contributed by atoms with van der Waals surface area (Å²) in [6.07, 6.45) is 21.8. The quantitative estimate of drug-likeness (QED) is 0.567. The van der Waals surface area contributed by atoms with Gasteiger partial charge in [-0.2, -0.15) is 6.42 Å². The van der Waals surface area contributed by atoms with E-state index in [9.17, 15) is 0 Å². The van der Waals surface area contributed by atoms with E-state index in [1.807, 2.05) is 0 Å². The molecule has 0 aromatic heterocycles. The number of rotatable bonds is 8. The van der Waals surface area contributed by atoms with Crippen LogP contribution in [0, 0.1) is 6.42 Å². The van der Waals surface area contributed by atoms with E-state index in [1.54, 1.807) is 22.3 Å². The molecule has 0 saturated carbocycles. The molecule has 2 rings (SSSR count). The minimum Gasteiger partial charge on any atom is -1.00 e. The first-order valence-electron chi connectivity index (χ1n) is 7.97. The van der Waals surface area contributed by atoms with Crippen molar-refractivity contribution in [3.8, 4) is 0 Å². The third-order valence-corrected chi connectivity index (χ3v) is 4.09. The molecule has 21 heavy (non-hydrogen) atoms. The molecule has 0 aliphatic heterocycles. The van der Waals surface area contributed by atoms with Crippen LogP contribution in [0.4, 0.5) is 0 Å². The monoisotopic (exact) mass is 380 g/mol. The first-order chi connectivity index (χ1) is 9.35. The molecule has 0 nitrogen and oxygen atoms in total. The maximum atomic E-state index is 2.48. The van der Waals surface area contributed by atoms with E-state index in [0.717, 1.165) is 12.8 Å². The van der Waals surface area contributed by atoms with Crippen molar-refractivity contribution in [3.05, 3.63) is 53.0 Å². The van der Waals surface area contributed by atoms with Gasteiger partial charge in [0.05, 0.1) is 0 Å². The molecule has 0 spiro atoms. The molecule has 0 aromatic rings. The van der Waals surface area contributed by atoms with Crippen molar-refractivity contribution < 1.29 is 38.6 Å². The molecular formula is C19H27ClZr. The summed E-state index contributed by atoms with van der Waals surface area (Å²) in [7, 11) is 0. The standard InChI is InChI=1S/C19H27.ClH.Zr/c1-3-5-9-16-11-7-13-18(16)15-19-14-8-12-17(19)10-6-4-2;;/h7-8,11-12,15H,3-6,9-10,13-14H2,1-2H3;1H;/q-1;;+2/p-1. The van der Waals surface area contributed by atoms with Gasteiger partial charge in [-0.05, 0) is 12.8 Å². The second kappa shape index (κ2) is 11.6. The van der Waals surface area contributed by atoms with E-state index in [-0.39, 0.29) is 38.6 Å². The summed E-state index contributed by atoms with van der Waals surface area (Å²) in [5, 5.41) is 0. The van der Waals surface area contributed by atoms with Crippen LogP contribution in [-0.4, -0.2) is 0 Å². The van der Waals surface area contributed by atoms with E-state index in [1.165, 1.54) is 38.5 Å². The topological polar surface area (TPSA) is 0 Å². The fourth-order valence-corrected chi connectivity index (χ4v) is 2.87. The van der Waals surface area contributed by atoms with Crippen molar-refractivity contribution in [1.82, 2.24) is 0 Å². The van der Waals surface area contributed by atoms with Gasteiger partial charge in [-0.15, -0.1) is 34.4 Å². The van der Waals surface area contributed by atoms with Crippen molar-refractivity contribution in [1.29, 1.82) is 0 Å². The Morgan fingerprint density at radius 1 is 0.857 bits per heavy atom. The zero-order valence-electron chi connectivity index (χ0n) is 13.4. The Labute approximate surface area is 156 Å². The fourth-order valence-electron chi connectivity index (χ4n) is 2.87. The third-order valence-electron chi connectivity index (χ3n) is 4.09. The van der Waals surface area contributed by atoms with Crippen LogP contribution in [0.5, 0.6) is 0 Å². The normalized spacial score (nSPS) is 16.3. The Balaban J connectivity index is 0.00000200. The van der Waals surface area contributed by atoms with E-state index in [2.05, 4.69) is 44.6 Å². The molecule has 114 valence electrons. The molecule has 2 heteroatoms. The second-order valence-corrected chi connectivity index (χ2v) is 5.67. The van der Waals surface area contributed by atoms with Gasteiger partial charge in [-0.1, -0.05) is 64.5 Å². The molecule has 0 bridgehead atoms. The van der Waals surface area contributed by atoms with Crippen LogP contribution in [0.2, 0.25) is 0 Å². The maximum Gasteiger partial charge on any atom is 2.00 e. The molecule has 2 aliphatic rings. The van der Waals surface area contributed by atoms with Crippen LogP contribution >= 0.6 is 0 Å². The van der Waals surface area contributed by atoms with Gasteiger partial charge in [0.25, 0.3) is 0 Å². The minimum absolute atomic E-state index is 0. The molecule has 0 aromatic carbocycles. The molecule has 2 aliphatic carbocycles. The van der Waals surface area contributed by atoms with Crippen molar-refractivity contribution in [2.45, 2.75) is 65.2 Å². The van der Waals surface area contributed by atoms with Gasteiger partial charge in [-0.3, -0.25) is 0 Å². The zero-order chi connectivity index (χ0) is 13.5. The van der Waals surface area contributed by atoms with Crippen LogP contribution in [0.3, 0.4) is 0 Å². The van der Waals surface area contributed by atoms with Gasteiger partial charge >= 0.3 is 26.2 Å². The molecule has 0 unspecified atom stereocenters. The molecular weight excluding hydrogens is 355 g/mol. The zero-order valence-corrected chi connectivity index (χ0v) is 16.6. The summed E-state index contributed by atoms with van der Waals surface area (Å²) in [5.74, 6) is 0. The predicted octanol–water partition coefficient (Wildman–Crippen LogP) is 3.09. The first-order valence-corrected chi connectivity index (χ1v) is 7.97. The largest absolute Gasteiger partial charge is 2.00 e. The average Bonchev–Trinajstić information content (AvgIpc) is 3.04. The van der Waals surface area contributed by atoms with Crippen LogP contribution in [-0.2, 0) is 26.2 Å². The molecule has 0 radical (unpaired) electrons. The van der Waals surface area contributed by atoms with E-state index < -0.39 is 0 Å². The number of unbranched alkanes of at least 4 members (excludes halogenated alkanes) is 2. The molecule has 0 fully saturated rings. The Hall–Kier alpha value is 0.00312. The Bertz CT molecular complexity index is 387. The summed E-state index contributed by atoms with van der Waals surface area (Å²) in [4.78, 5) is 0. The van der Waals surface area contributed by atoms with Crippen LogP contribution in [0.25, 0.3) is 0 Å². The van der Waals surface area contributed by atoms with Crippen LogP contribution < -0.4 is 12.4 Å². The first kappa shape index (κ1) is 21.0. The number of hydrogen-bond donors (Lipinski definition) is 0. The SMILES string of the molecule is CCCCC1=C([CH-]C2=C(CCCC)C=CC2)CC=C1.[Cl-].[Zr+2]. The maximum absolute atomic E-state index is 2.48. The Kier molecular flexibility index (Phi) is 11.6. The van der Waals surface area contributed by atoms with Crippen molar-refractivity contribution in [2.24, 2.45) is 0 Å². The minimum atomic E-state index is 0. The van der Waals surface area contributed by atoms with E-state index in [0.29, 0.717) is 0 Å². The molecule has 0 heterocycles. The van der Waals surface area contributed by atoms with Crippen molar-refractivity contribution >= 4 is 0 Å². The van der Waals surface area contributed by atoms with Gasteiger partial charge < -0.3 is 12.4 Å². The van der Waals surface area contributed by atoms with Crippen LogP contribution in [0.1, 0.15) is 65.2 Å². The van der Waals surface area contributed by atoms with Gasteiger partial charge in [0.2, 0.25) is 0 Å². The smallest absolute Gasteiger partial charge is 1.00 e. The summed E-state index contributed by atoms with van der Waals surface area (Å²) in [5.41, 5.74) is 6.30. The summed E-state index contributed by atoms with van der Waals surface area (Å²) in [6, 6.07) is 0. The van der Waals surface area contributed by atoms with Gasteiger partial charge in [0, 0.05) is 0 Å². The number of allylic oxidation sites excluding steroid dienone is 8. The Morgan fingerprint density at radius 3 is 1.67 bits per heavy atom. The van der Waals surface area contributed by atoms with E-state index >= 15 is 0 Å². The Morgan fingerprint density at radius 2 is 1.29 bits per heavy atom. The fraction of sp³-hybridized carbons (Fsp3) is 0.526. The molecule has 0 amide bonds. The average molecular weight is 382 g/mol. The van der Waals surface area contributed by atoms with Gasteiger partial charge in [0.1, 0.15) is 0 Å². The predicted molar refractivity (Wildman–Crippen MR) is 84.9 cm³/mol.